The molecule has 2 aliphatic heterocycles. The molecule has 0 amide bonds. The third kappa shape index (κ3) is 6.13. The second-order valence-corrected chi connectivity index (χ2v) is 25.8. The van der Waals surface area contributed by atoms with Crippen LogP contribution in [0.2, 0.25) is 15.8 Å². The summed E-state index contributed by atoms with van der Waals surface area (Å²) in [6, 6.07) is 31.6. The smallest absolute Gasteiger partial charge is 0.0666 e. The van der Waals surface area contributed by atoms with Crippen molar-refractivity contribution < 1.29 is 23.0 Å². The summed E-state index contributed by atoms with van der Waals surface area (Å²) in [6.45, 7) is 0. The molecule has 1 saturated heterocycles. The minimum Gasteiger partial charge on any atom is -0.0666 e. The molecule has 5 nitrogen and oxygen atoms in total. The monoisotopic (exact) mass is 860 g/mol. The Morgan fingerprint density at radius 2 is 1.30 bits per heavy atom. The van der Waals surface area contributed by atoms with Gasteiger partial charge in [-0.2, -0.15) is 0 Å². The SMILES string of the molecule is [2H]c1c([2H])c([2H])c(-c2cccc(-c3c([2H])c([2H])c([2H])c([2H])c3[2H])c2-[n+]2[c-]n(-c3cccc(Oc4ccc5c6ccccc6n(-c6cc7[c](cn6)[Ge]6([CH2]CC[CH2]6)[CH2]CC7)c5c4)c3)c3ccccc32)c([2H])c1[2H]. The topological polar surface area (TPSA) is 35.9 Å². The summed E-state index contributed by atoms with van der Waals surface area (Å²) >= 11 is -2.09. The number of nitrogens with zero attached hydrogens (tertiary/aromatic N) is 4. The predicted molar refractivity (Wildman–Crippen MR) is 251 cm³/mol. The Hall–Kier alpha value is -6.70. The second-order valence-electron chi connectivity index (χ2n) is 16.1. The van der Waals surface area contributed by atoms with E-state index in [-0.39, 0.29) is 27.9 Å². The molecular weight excluding hydrogens is 805 g/mol. The zero-order chi connectivity index (χ0) is 49.0. The van der Waals surface area contributed by atoms with Crippen molar-refractivity contribution in [2.45, 2.75) is 41.4 Å². The number of para-hydroxylation sites is 4. The zero-order valence-corrected chi connectivity index (χ0v) is 35.3. The summed E-state index contributed by atoms with van der Waals surface area (Å²) < 4.78 is 101. The van der Waals surface area contributed by atoms with Crippen molar-refractivity contribution in [3.8, 4) is 50.9 Å². The van der Waals surface area contributed by atoms with Crippen LogP contribution in [0.5, 0.6) is 11.5 Å². The van der Waals surface area contributed by atoms with Crippen LogP contribution in [0.4, 0.5) is 0 Å². The maximum Gasteiger partial charge on any atom is 0.0811 e. The fourth-order valence-electron chi connectivity index (χ4n) is 10.1. The largest absolute Gasteiger partial charge is 0.0811 e. The molecule has 0 unspecified atom stereocenters. The average Bonchev–Trinajstić information content (AvgIpc) is 4.11. The maximum absolute atomic E-state index is 9.02. The van der Waals surface area contributed by atoms with Gasteiger partial charge in [-0.05, 0) is 28.3 Å². The number of rotatable bonds is 7. The molecule has 61 heavy (non-hydrogen) atoms. The van der Waals surface area contributed by atoms with Crippen molar-refractivity contribution in [1.29, 1.82) is 0 Å². The van der Waals surface area contributed by atoms with E-state index in [4.69, 9.17) is 23.4 Å². The van der Waals surface area contributed by atoms with E-state index in [1.165, 1.54) is 40.6 Å². The van der Waals surface area contributed by atoms with Gasteiger partial charge in [-0.15, -0.1) is 0 Å². The molecule has 294 valence electrons. The second kappa shape index (κ2) is 14.8. The van der Waals surface area contributed by atoms with Crippen LogP contribution >= 0.6 is 0 Å². The molecule has 0 N–H and O–H groups in total. The summed E-state index contributed by atoms with van der Waals surface area (Å²) in [7, 11) is 0. The van der Waals surface area contributed by atoms with Gasteiger partial charge in [0.05, 0.1) is 30.4 Å². The van der Waals surface area contributed by atoms with E-state index in [1.54, 1.807) is 27.2 Å². The Morgan fingerprint density at radius 3 is 2.08 bits per heavy atom. The van der Waals surface area contributed by atoms with Gasteiger partial charge in [-0.25, -0.2) is 0 Å². The van der Waals surface area contributed by atoms with E-state index in [0.29, 0.717) is 28.2 Å². The van der Waals surface area contributed by atoms with Crippen LogP contribution in [0, 0.1) is 6.33 Å². The molecule has 10 aromatic rings. The van der Waals surface area contributed by atoms with Crippen molar-refractivity contribution in [2.75, 3.05) is 0 Å². The molecule has 3 aromatic heterocycles. The van der Waals surface area contributed by atoms with Crippen molar-refractivity contribution >= 4 is 50.5 Å². The first kappa shape index (κ1) is 27.2. The van der Waals surface area contributed by atoms with Crippen molar-refractivity contribution in [1.82, 2.24) is 14.1 Å². The summed E-state index contributed by atoms with van der Waals surface area (Å²) in [4.78, 5) is 5.22. The van der Waals surface area contributed by atoms with Gasteiger partial charge in [-0.1, -0.05) is 103 Å². The first-order valence-corrected chi connectivity index (χ1v) is 26.4. The van der Waals surface area contributed by atoms with E-state index in [1.807, 2.05) is 59.2 Å². The standard InChI is InChI=1S/C55H44GeN4O/c1-3-16-39(17-4-1)45-24-14-25-46(40-18-5-2-6-19-40)55(45)59-38-58(51-27-9-10-28-52(51)59)42-21-13-22-43(35-42)61-44-29-30-48-47-23-7-8-26-50(47)60(53(48)36-44)54-34-41-20-15-33-56(31-11-12-32-56)49(41)37-57-54/h1-10,13-14,16-19,21-30,34-37H,11-12,15,20,31-33H2/i1D,2D,3D,4D,5D,6D,16D,17D,18D,19D. The normalized spacial score (nSPS) is 16.9. The molecule has 6 heteroatoms. The minimum absolute atomic E-state index is 0.119. The molecule has 2 aliphatic rings. The fraction of sp³-hybridized carbons (Fsp3) is 0.127. The van der Waals surface area contributed by atoms with E-state index < -0.39 is 73.7 Å². The first-order valence-electron chi connectivity index (χ1n) is 25.9. The van der Waals surface area contributed by atoms with Gasteiger partial charge in [0, 0.05) is 0 Å². The Bertz CT molecular complexity index is 3740. The van der Waals surface area contributed by atoms with E-state index >= 15 is 0 Å². The summed E-state index contributed by atoms with van der Waals surface area (Å²) in [5.41, 5.74) is 5.74. The van der Waals surface area contributed by atoms with Gasteiger partial charge >= 0.3 is 197 Å². The van der Waals surface area contributed by atoms with Crippen LogP contribution in [0.25, 0.3) is 72.3 Å². The number of imidazole rings is 1. The Balaban J connectivity index is 0.996. The van der Waals surface area contributed by atoms with Gasteiger partial charge in [0.15, 0.2) is 0 Å². The van der Waals surface area contributed by atoms with Gasteiger partial charge in [0.1, 0.15) is 0 Å². The molecule has 12 rings (SSSR count). The first-order chi connectivity index (χ1) is 34.3. The van der Waals surface area contributed by atoms with Gasteiger partial charge < -0.3 is 0 Å². The average molecular weight is 860 g/mol. The third-order valence-corrected chi connectivity index (χ3v) is 24.3. The Labute approximate surface area is 372 Å². The molecule has 0 atom stereocenters. The van der Waals surface area contributed by atoms with Crippen molar-refractivity contribution in [2.24, 2.45) is 0 Å². The molecule has 0 saturated carbocycles. The third-order valence-electron chi connectivity index (χ3n) is 12.8. The van der Waals surface area contributed by atoms with Crippen LogP contribution in [-0.2, 0) is 6.42 Å². The van der Waals surface area contributed by atoms with Crippen LogP contribution in [0.15, 0.2) is 182 Å². The number of aromatic nitrogens is 4. The maximum atomic E-state index is 9.02. The fourth-order valence-corrected chi connectivity index (χ4v) is 21.6. The molecule has 1 spiro atoms. The van der Waals surface area contributed by atoms with Crippen LogP contribution in [0.3, 0.4) is 0 Å². The van der Waals surface area contributed by atoms with Gasteiger partial charge in [0.2, 0.25) is 0 Å². The molecule has 1 fully saturated rings. The van der Waals surface area contributed by atoms with E-state index in [2.05, 4.69) is 59.6 Å². The quantitative estimate of drug-likeness (QED) is 0.0909. The molecule has 0 aliphatic carbocycles. The Morgan fingerprint density at radius 1 is 0.623 bits per heavy atom. The zero-order valence-electron chi connectivity index (χ0n) is 43.2. The van der Waals surface area contributed by atoms with Crippen LogP contribution in [0.1, 0.15) is 38.5 Å². The van der Waals surface area contributed by atoms with Crippen LogP contribution in [-0.4, -0.2) is 27.4 Å². The molecule has 5 heterocycles. The predicted octanol–water partition coefficient (Wildman–Crippen LogP) is 12.7. The summed E-state index contributed by atoms with van der Waals surface area (Å²) in [5, 5.41) is 6.51. The Kier molecular flexibility index (Phi) is 6.60. The van der Waals surface area contributed by atoms with Gasteiger partial charge in [-0.3, -0.25) is 9.13 Å². The molecule has 0 bridgehead atoms. The summed E-state index contributed by atoms with van der Waals surface area (Å²) in [6.07, 6.45) is 10.8. The van der Waals surface area contributed by atoms with Gasteiger partial charge in [0.25, 0.3) is 6.33 Å². The van der Waals surface area contributed by atoms with Crippen molar-refractivity contribution in [3.63, 3.8) is 0 Å². The minimum atomic E-state index is -2.09. The molecule has 7 aromatic carbocycles. The number of aryl methyl sites for hydroxylation is 1. The number of ether oxygens (including phenoxy) is 1. The molecular formula is C55H44GeN4O. The number of hydrogen-bond donors (Lipinski definition) is 0. The number of pyridine rings is 1. The number of benzene rings is 7. The summed E-state index contributed by atoms with van der Waals surface area (Å²) in [5.74, 6) is 2.09. The van der Waals surface area contributed by atoms with E-state index in [0.717, 1.165) is 34.0 Å². The molecule has 0 radical (unpaired) electrons. The van der Waals surface area contributed by atoms with Crippen LogP contribution < -0.4 is 13.7 Å². The number of hydrogen-bond acceptors (Lipinski definition) is 2. The van der Waals surface area contributed by atoms with E-state index in [9.17, 15) is 0 Å². The van der Waals surface area contributed by atoms with Crippen molar-refractivity contribution in [3.05, 3.63) is 194 Å². The number of fused-ring (bicyclic) bond motifs is 6.